The zero-order valence-corrected chi connectivity index (χ0v) is 10.8. The number of rotatable bonds is 2. The maximum Gasteiger partial charge on any atom is 0.0520 e. The van der Waals surface area contributed by atoms with Crippen LogP contribution in [-0.2, 0) is 6.42 Å². The van der Waals surface area contributed by atoms with Crippen molar-refractivity contribution in [2.45, 2.75) is 44.6 Å². The molecule has 0 aliphatic rings. The van der Waals surface area contributed by atoms with E-state index in [2.05, 4.69) is 63.5 Å². The maximum atomic E-state index is 4.50. The predicted octanol–water partition coefficient (Wildman–Crippen LogP) is 3.70. The van der Waals surface area contributed by atoms with Crippen LogP contribution in [0.4, 0.5) is 0 Å². The smallest absolute Gasteiger partial charge is 0.0520 e. The lowest BCUT2D eigenvalue weighted by Gasteiger charge is -2.11. The van der Waals surface area contributed by atoms with Gasteiger partial charge >= 0.3 is 0 Å². The first-order valence-electron chi connectivity index (χ1n) is 5.21. The fourth-order valence-electron chi connectivity index (χ4n) is 1.30. The van der Waals surface area contributed by atoms with Crippen molar-refractivity contribution >= 4 is 18.8 Å². The van der Waals surface area contributed by atoms with Gasteiger partial charge in [0.2, 0.25) is 0 Å². The van der Waals surface area contributed by atoms with Gasteiger partial charge in [-0.3, -0.25) is 4.99 Å². The van der Waals surface area contributed by atoms with Gasteiger partial charge in [0.1, 0.15) is 0 Å². The molecule has 2 heteroatoms. The first kappa shape index (κ1) is 12.3. The summed E-state index contributed by atoms with van der Waals surface area (Å²) in [6.45, 7) is 8.37. The van der Waals surface area contributed by atoms with Crippen LogP contribution in [0.5, 0.6) is 0 Å². The average molecular weight is 221 g/mol. The van der Waals surface area contributed by atoms with Crippen LogP contribution in [0.3, 0.4) is 0 Å². The topological polar surface area (TPSA) is 12.4 Å². The molecule has 1 aromatic carbocycles. The van der Waals surface area contributed by atoms with Crippen LogP contribution in [0.25, 0.3) is 0 Å². The van der Waals surface area contributed by atoms with Gasteiger partial charge in [-0.25, -0.2) is 0 Å². The molecule has 82 valence electrons. The Labute approximate surface area is 98.0 Å². The molecule has 0 spiro atoms. The Morgan fingerprint density at radius 3 is 2.60 bits per heavy atom. The van der Waals surface area contributed by atoms with Gasteiger partial charge in [-0.05, 0) is 38.8 Å². The van der Waals surface area contributed by atoms with Crippen LogP contribution < -0.4 is 0 Å². The standard InChI is InChI=1S/C13H19NS/c1-10-6-5-7-11(12(10)15)8-9-14-13(2,3)4/h5-7,9,15H,8H2,1-4H3. The highest BCUT2D eigenvalue weighted by molar-refractivity contribution is 7.80. The molecule has 0 unspecified atom stereocenters. The number of hydrogen-bond donors (Lipinski definition) is 1. The third kappa shape index (κ3) is 4.08. The molecule has 0 aliphatic carbocycles. The summed E-state index contributed by atoms with van der Waals surface area (Å²) < 4.78 is 0. The Bertz CT molecular complexity index is 361. The summed E-state index contributed by atoms with van der Waals surface area (Å²) in [4.78, 5) is 5.54. The average Bonchev–Trinajstić information content (AvgIpc) is 2.10. The number of nitrogens with zero attached hydrogens (tertiary/aromatic N) is 1. The molecule has 0 saturated carbocycles. The second-order valence-corrected chi connectivity index (χ2v) is 5.22. The van der Waals surface area contributed by atoms with E-state index >= 15 is 0 Å². The van der Waals surface area contributed by atoms with Gasteiger partial charge in [0.05, 0.1) is 5.54 Å². The first-order chi connectivity index (χ1) is 6.90. The van der Waals surface area contributed by atoms with Crippen LogP contribution in [-0.4, -0.2) is 11.8 Å². The highest BCUT2D eigenvalue weighted by Crippen LogP contribution is 2.18. The SMILES string of the molecule is Cc1cccc(CC=NC(C)(C)C)c1S. The second-order valence-electron chi connectivity index (χ2n) is 4.77. The zero-order valence-electron chi connectivity index (χ0n) is 9.91. The van der Waals surface area contributed by atoms with Crippen molar-refractivity contribution in [3.8, 4) is 0 Å². The van der Waals surface area contributed by atoms with Gasteiger partial charge in [-0.2, -0.15) is 0 Å². The molecule has 0 heterocycles. The Kier molecular flexibility index (Phi) is 3.97. The fourth-order valence-corrected chi connectivity index (χ4v) is 1.54. The molecule has 0 N–H and O–H groups in total. The van der Waals surface area contributed by atoms with Gasteiger partial charge in [0.15, 0.2) is 0 Å². The number of hydrogen-bond acceptors (Lipinski definition) is 2. The molecule has 1 nitrogen and oxygen atoms in total. The van der Waals surface area contributed by atoms with Crippen molar-refractivity contribution in [3.63, 3.8) is 0 Å². The Hall–Kier alpha value is -0.760. The highest BCUT2D eigenvalue weighted by atomic mass is 32.1. The summed E-state index contributed by atoms with van der Waals surface area (Å²) in [5.41, 5.74) is 2.48. The Morgan fingerprint density at radius 1 is 1.33 bits per heavy atom. The van der Waals surface area contributed by atoms with Crippen molar-refractivity contribution in [3.05, 3.63) is 29.3 Å². The van der Waals surface area contributed by atoms with Crippen LogP contribution in [0.2, 0.25) is 0 Å². The summed E-state index contributed by atoms with van der Waals surface area (Å²) in [6.07, 6.45) is 2.84. The molecular weight excluding hydrogens is 202 g/mol. The van der Waals surface area contributed by atoms with E-state index in [1.54, 1.807) is 0 Å². The lowest BCUT2D eigenvalue weighted by molar-refractivity contribution is 0.585. The van der Waals surface area contributed by atoms with E-state index in [4.69, 9.17) is 0 Å². The number of aryl methyl sites for hydroxylation is 1. The van der Waals surface area contributed by atoms with Crippen molar-refractivity contribution in [2.75, 3.05) is 0 Å². The molecule has 0 fully saturated rings. The van der Waals surface area contributed by atoms with Crippen molar-refractivity contribution < 1.29 is 0 Å². The summed E-state index contributed by atoms with van der Waals surface area (Å²) in [7, 11) is 0. The lowest BCUT2D eigenvalue weighted by Crippen LogP contribution is -2.10. The normalized spacial score (nSPS) is 12.3. The van der Waals surface area contributed by atoms with Gasteiger partial charge in [-0.1, -0.05) is 18.2 Å². The van der Waals surface area contributed by atoms with Crippen LogP contribution in [0.1, 0.15) is 31.9 Å². The second kappa shape index (κ2) is 4.84. The van der Waals surface area contributed by atoms with Crippen LogP contribution in [0, 0.1) is 6.92 Å². The molecule has 1 aromatic rings. The molecular formula is C13H19NS. The minimum atomic E-state index is 0.0145. The third-order valence-corrected chi connectivity index (χ3v) is 2.75. The van der Waals surface area contributed by atoms with Crippen molar-refractivity contribution in [2.24, 2.45) is 4.99 Å². The molecule has 0 bridgehead atoms. The summed E-state index contributed by atoms with van der Waals surface area (Å²) >= 11 is 4.50. The Morgan fingerprint density at radius 2 is 2.00 bits per heavy atom. The lowest BCUT2D eigenvalue weighted by atomic mass is 10.1. The minimum Gasteiger partial charge on any atom is -0.291 e. The van der Waals surface area contributed by atoms with E-state index in [9.17, 15) is 0 Å². The maximum absolute atomic E-state index is 4.50. The number of aliphatic imine (C=N–C) groups is 1. The van der Waals surface area contributed by atoms with Crippen LogP contribution in [0.15, 0.2) is 28.1 Å². The number of thiol groups is 1. The van der Waals surface area contributed by atoms with E-state index in [0.29, 0.717) is 0 Å². The number of benzene rings is 1. The molecule has 0 amide bonds. The summed E-state index contributed by atoms with van der Waals surface area (Å²) in [5, 5.41) is 0. The van der Waals surface area contributed by atoms with E-state index in [0.717, 1.165) is 11.3 Å². The molecule has 0 aromatic heterocycles. The third-order valence-electron chi connectivity index (χ3n) is 2.11. The molecule has 1 rings (SSSR count). The van der Waals surface area contributed by atoms with Crippen molar-refractivity contribution in [1.29, 1.82) is 0 Å². The van der Waals surface area contributed by atoms with Gasteiger partial charge < -0.3 is 0 Å². The van der Waals surface area contributed by atoms with Gasteiger partial charge in [0, 0.05) is 17.5 Å². The van der Waals surface area contributed by atoms with Gasteiger partial charge in [-0.15, -0.1) is 12.6 Å². The van der Waals surface area contributed by atoms with E-state index in [1.807, 2.05) is 6.21 Å². The van der Waals surface area contributed by atoms with E-state index < -0.39 is 0 Å². The molecule has 0 atom stereocenters. The highest BCUT2D eigenvalue weighted by Gasteiger charge is 2.05. The molecule has 15 heavy (non-hydrogen) atoms. The zero-order chi connectivity index (χ0) is 11.5. The van der Waals surface area contributed by atoms with Gasteiger partial charge in [0.25, 0.3) is 0 Å². The van der Waals surface area contributed by atoms with Crippen LogP contribution >= 0.6 is 12.6 Å². The van der Waals surface area contributed by atoms with Crippen molar-refractivity contribution in [1.82, 2.24) is 0 Å². The van der Waals surface area contributed by atoms with E-state index in [1.165, 1.54) is 11.1 Å². The molecule has 0 saturated heterocycles. The predicted molar refractivity (Wildman–Crippen MR) is 70.4 cm³/mol. The molecule has 0 aliphatic heterocycles. The fraction of sp³-hybridized carbons (Fsp3) is 0.462. The quantitative estimate of drug-likeness (QED) is 0.577. The monoisotopic (exact) mass is 221 g/mol. The Balaban J connectivity index is 2.74. The largest absolute Gasteiger partial charge is 0.291 e. The summed E-state index contributed by atoms with van der Waals surface area (Å²) in [5.74, 6) is 0. The minimum absolute atomic E-state index is 0.0145. The molecule has 0 radical (unpaired) electrons. The van der Waals surface area contributed by atoms with E-state index in [-0.39, 0.29) is 5.54 Å². The first-order valence-corrected chi connectivity index (χ1v) is 5.66. The summed E-state index contributed by atoms with van der Waals surface area (Å²) in [6, 6.07) is 6.24.